The topological polar surface area (TPSA) is 80.7 Å². The number of ether oxygens (including phenoxy) is 1. The van der Waals surface area contributed by atoms with Crippen molar-refractivity contribution in [2.75, 3.05) is 7.11 Å². The van der Waals surface area contributed by atoms with Crippen molar-refractivity contribution in [3.05, 3.63) is 36.4 Å². The highest BCUT2D eigenvalue weighted by molar-refractivity contribution is 7.93. The lowest BCUT2D eigenvalue weighted by molar-refractivity contribution is -0.139. The van der Waals surface area contributed by atoms with Crippen LogP contribution in [0.5, 0.6) is 5.75 Å². The van der Waals surface area contributed by atoms with Crippen molar-refractivity contribution in [1.82, 2.24) is 0 Å². The summed E-state index contributed by atoms with van der Waals surface area (Å²) in [4.78, 5) is 12.4. The minimum atomic E-state index is -4.19. The van der Waals surface area contributed by atoms with Crippen molar-refractivity contribution in [2.24, 2.45) is 0 Å². The molecule has 0 bridgehead atoms. The Labute approximate surface area is 187 Å². The average Bonchev–Trinajstić information content (AvgIpc) is 2.76. The standard InChI is InChI=1S/C25H36O5S/c1-4-6-8-10-12-14-20-25(24(26)27,21-15-13-11-9-7-5-2)31(28,29)23-18-16-22(30-3)17-19-23/h12,14,16-19H,4-11,20-21H2,1-3H3,(H,26,27). The van der Waals surface area contributed by atoms with Gasteiger partial charge in [-0.25, -0.2) is 8.42 Å². The van der Waals surface area contributed by atoms with Crippen LogP contribution in [-0.4, -0.2) is 31.4 Å². The van der Waals surface area contributed by atoms with Crippen LogP contribution in [0.2, 0.25) is 0 Å². The third kappa shape index (κ3) is 7.74. The quantitative estimate of drug-likeness (QED) is 0.221. The zero-order chi connectivity index (χ0) is 23.2. The monoisotopic (exact) mass is 448 g/mol. The molecule has 31 heavy (non-hydrogen) atoms. The number of benzene rings is 1. The molecule has 6 heteroatoms. The van der Waals surface area contributed by atoms with E-state index in [4.69, 9.17) is 4.74 Å². The highest BCUT2D eigenvalue weighted by Gasteiger charge is 2.50. The van der Waals surface area contributed by atoms with Gasteiger partial charge in [0.1, 0.15) is 5.75 Å². The number of carboxylic acid groups (broad SMARTS) is 1. The molecule has 1 unspecified atom stereocenters. The van der Waals surface area contributed by atoms with Gasteiger partial charge in [0, 0.05) is 12.8 Å². The summed E-state index contributed by atoms with van der Waals surface area (Å²) in [6.07, 6.45) is 10.8. The molecule has 1 aromatic rings. The van der Waals surface area contributed by atoms with Gasteiger partial charge in [0.2, 0.25) is 0 Å². The van der Waals surface area contributed by atoms with Gasteiger partial charge >= 0.3 is 5.97 Å². The fourth-order valence-corrected chi connectivity index (χ4v) is 4.95. The molecule has 1 N–H and O–H groups in total. The van der Waals surface area contributed by atoms with Gasteiger partial charge in [0.05, 0.1) is 12.0 Å². The second-order valence-corrected chi connectivity index (χ2v) is 9.90. The van der Waals surface area contributed by atoms with Gasteiger partial charge in [-0.05, 0) is 49.9 Å². The molecule has 1 aromatic carbocycles. The first-order valence-corrected chi connectivity index (χ1v) is 12.6. The number of hydrogen-bond donors (Lipinski definition) is 1. The molecule has 0 aliphatic rings. The molecule has 0 fully saturated rings. The van der Waals surface area contributed by atoms with Crippen LogP contribution in [0.15, 0.2) is 41.3 Å². The van der Waals surface area contributed by atoms with E-state index in [1.54, 1.807) is 6.08 Å². The Kier molecular flexibility index (Phi) is 12.0. The molecule has 0 spiro atoms. The van der Waals surface area contributed by atoms with E-state index < -0.39 is 20.6 Å². The van der Waals surface area contributed by atoms with Gasteiger partial charge in [-0.2, -0.15) is 0 Å². The summed E-state index contributed by atoms with van der Waals surface area (Å²) in [6, 6.07) is 5.84. The Morgan fingerprint density at radius 3 is 2.26 bits per heavy atom. The first kappa shape index (κ1) is 26.8. The van der Waals surface area contributed by atoms with E-state index in [0.717, 1.165) is 44.9 Å². The molecule has 0 heterocycles. The van der Waals surface area contributed by atoms with Gasteiger partial charge in [-0.1, -0.05) is 51.7 Å². The molecule has 0 saturated heterocycles. The number of aliphatic carboxylic acids is 1. The number of unbranched alkanes of at least 4 members (excludes halogenated alkanes) is 6. The summed E-state index contributed by atoms with van der Waals surface area (Å²) in [5.41, 5.74) is 0. The van der Waals surface area contributed by atoms with Gasteiger partial charge in [0.15, 0.2) is 14.6 Å². The number of allylic oxidation sites excluding steroid dienone is 2. The summed E-state index contributed by atoms with van der Waals surface area (Å²) in [7, 11) is -2.70. The lowest BCUT2D eigenvalue weighted by Gasteiger charge is -2.26. The molecule has 0 radical (unpaired) electrons. The molecule has 0 aliphatic carbocycles. The van der Waals surface area contributed by atoms with Crippen molar-refractivity contribution in [3.8, 4) is 17.6 Å². The Morgan fingerprint density at radius 2 is 1.68 bits per heavy atom. The maximum atomic E-state index is 13.5. The summed E-state index contributed by atoms with van der Waals surface area (Å²) in [5.74, 6) is 4.96. The first-order valence-electron chi connectivity index (χ1n) is 11.1. The second kappa shape index (κ2) is 13.9. The molecule has 0 aromatic heterocycles. The fraction of sp³-hybridized carbons (Fsp3) is 0.560. The number of sulfone groups is 1. The molecule has 1 rings (SSSR count). The number of methoxy groups -OCH3 is 1. The van der Waals surface area contributed by atoms with E-state index in [1.165, 1.54) is 31.4 Å². The van der Waals surface area contributed by atoms with Gasteiger partial charge in [0.25, 0.3) is 0 Å². The second-order valence-electron chi connectivity index (χ2n) is 7.64. The zero-order valence-corrected chi connectivity index (χ0v) is 19.8. The highest BCUT2D eigenvalue weighted by Crippen LogP contribution is 2.34. The van der Waals surface area contributed by atoms with Crippen LogP contribution >= 0.6 is 0 Å². The van der Waals surface area contributed by atoms with E-state index in [0.29, 0.717) is 12.2 Å². The van der Waals surface area contributed by atoms with Crippen LogP contribution in [0, 0.1) is 11.8 Å². The van der Waals surface area contributed by atoms with Gasteiger partial charge < -0.3 is 9.84 Å². The van der Waals surface area contributed by atoms with E-state index in [1.807, 2.05) is 6.08 Å². The lowest BCUT2D eigenvalue weighted by atomic mass is 9.99. The molecular weight excluding hydrogens is 412 g/mol. The van der Waals surface area contributed by atoms with Crippen molar-refractivity contribution in [1.29, 1.82) is 0 Å². The predicted molar refractivity (Wildman–Crippen MR) is 125 cm³/mol. The minimum Gasteiger partial charge on any atom is -0.497 e. The number of rotatable bonds is 14. The normalized spacial score (nSPS) is 13.4. The Balaban J connectivity index is 3.24. The Hall–Kier alpha value is -2.26. The van der Waals surface area contributed by atoms with Crippen molar-refractivity contribution < 1.29 is 23.1 Å². The van der Waals surface area contributed by atoms with E-state index in [-0.39, 0.29) is 17.7 Å². The first-order chi connectivity index (χ1) is 14.9. The largest absolute Gasteiger partial charge is 0.497 e. The third-order valence-electron chi connectivity index (χ3n) is 5.27. The van der Waals surface area contributed by atoms with Crippen LogP contribution in [0.3, 0.4) is 0 Å². The van der Waals surface area contributed by atoms with E-state index >= 15 is 0 Å². The summed E-state index contributed by atoms with van der Waals surface area (Å²) in [5, 5.41) is 10.1. The maximum absolute atomic E-state index is 13.5. The highest BCUT2D eigenvalue weighted by atomic mass is 32.2. The predicted octanol–water partition coefficient (Wildman–Crippen LogP) is 5.79. The zero-order valence-electron chi connectivity index (χ0n) is 19.0. The Morgan fingerprint density at radius 1 is 1.03 bits per heavy atom. The van der Waals surface area contributed by atoms with Gasteiger partial charge in [-0.15, -0.1) is 11.8 Å². The molecule has 0 aliphatic heterocycles. The molecule has 1 atom stereocenters. The van der Waals surface area contributed by atoms with Crippen molar-refractivity contribution in [3.63, 3.8) is 0 Å². The molecule has 0 saturated carbocycles. The molecule has 0 amide bonds. The number of hydrogen-bond acceptors (Lipinski definition) is 4. The summed E-state index contributed by atoms with van der Waals surface area (Å²) < 4.78 is 30.1. The van der Waals surface area contributed by atoms with Crippen molar-refractivity contribution >= 4 is 15.8 Å². The maximum Gasteiger partial charge on any atom is 0.326 e. The van der Waals surface area contributed by atoms with Crippen LogP contribution in [0.25, 0.3) is 0 Å². The van der Waals surface area contributed by atoms with Crippen LogP contribution in [0.1, 0.15) is 78.1 Å². The number of carboxylic acids is 1. The van der Waals surface area contributed by atoms with E-state index in [2.05, 4.69) is 25.7 Å². The minimum absolute atomic E-state index is 0.0390. The summed E-state index contributed by atoms with van der Waals surface area (Å²) >= 11 is 0. The average molecular weight is 449 g/mol. The van der Waals surface area contributed by atoms with Gasteiger partial charge in [-0.3, -0.25) is 4.79 Å². The molecule has 5 nitrogen and oxygen atoms in total. The van der Waals surface area contributed by atoms with Crippen LogP contribution in [0.4, 0.5) is 0 Å². The van der Waals surface area contributed by atoms with Crippen LogP contribution in [-0.2, 0) is 14.6 Å². The van der Waals surface area contributed by atoms with Crippen molar-refractivity contribution in [2.45, 2.75) is 87.7 Å². The fourth-order valence-electron chi connectivity index (χ4n) is 3.20. The molecular formula is C25H36O5S. The third-order valence-corrected chi connectivity index (χ3v) is 7.67. The number of carbonyl (C=O) groups is 1. The molecule has 172 valence electrons. The van der Waals surface area contributed by atoms with Crippen LogP contribution < -0.4 is 4.74 Å². The van der Waals surface area contributed by atoms with E-state index in [9.17, 15) is 18.3 Å². The Bertz CT molecular complexity index is 859. The lowest BCUT2D eigenvalue weighted by Crippen LogP contribution is -2.46. The smallest absolute Gasteiger partial charge is 0.326 e. The SMILES string of the molecule is CCCCCC#CCC(CC=CCCCCC)(C(=O)O)S(=O)(=O)c1ccc(OC)cc1. The summed E-state index contributed by atoms with van der Waals surface area (Å²) in [6.45, 7) is 4.21.